The topological polar surface area (TPSA) is 99.8 Å². The molecule has 1 saturated carbocycles. The number of carbonyl (C=O) groups excluding carboxylic acids is 2. The largest absolute Gasteiger partial charge is 0.349 e. The van der Waals surface area contributed by atoms with Gasteiger partial charge in [-0.15, -0.1) is 0 Å². The van der Waals surface area contributed by atoms with E-state index in [4.69, 9.17) is 0 Å². The van der Waals surface area contributed by atoms with Gasteiger partial charge in [-0.3, -0.25) is 9.59 Å². The molecule has 0 saturated heterocycles. The van der Waals surface area contributed by atoms with Crippen LogP contribution in [0.2, 0.25) is 0 Å². The molecule has 20 heavy (non-hydrogen) atoms. The van der Waals surface area contributed by atoms with Gasteiger partial charge in [-0.25, -0.2) is 0 Å². The highest BCUT2D eigenvalue weighted by atomic mass is 16.2. The number of rotatable bonds is 6. The molecule has 0 bridgehead atoms. The molecule has 0 aromatic carbocycles. The lowest BCUT2D eigenvalue weighted by atomic mass is 9.87. The first-order valence-corrected chi connectivity index (χ1v) is 7.12. The second kappa shape index (κ2) is 7.62. The molecule has 1 aliphatic carbocycles. The SMILES string of the molecule is O=C(CNC(=O)CC1CCCCC1)NCc1cn[nH]n1. The zero-order valence-corrected chi connectivity index (χ0v) is 11.5. The van der Waals surface area contributed by atoms with Crippen molar-refractivity contribution in [3.63, 3.8) is 0 Å². The van der Waals surface area contributed by atoms with Gasteiger partial charge in [-0.2, -0.15) is 15.4 Å². The van der Waals surface area contributed by atoms with Gasteiger partial charge in [-0.1, -0.05) is 19.3 Å². The molecule has 1 aromatic rings. The Bertz CT molecular complexity index is 426. The number of nitrogens with one attached hydrogen (secondary N) is 3. The van der Waals surface area contributed by atoms with Gasteiger partial charge in [0.2, 0.25) is 11.8 Å². The molecule has 1 heterocycles. The van der Waals surface area contributed by atoms with Gasteiger partial charge in [0.1, 0.15) is 5.69 Å². The van der Waals surface area contributed by atoms with Crippen molar-refractivity contribution in [1.82, 2.24) is 26.0 Å². The highest BCUT2D eigenvalue weighted by molar-refractivity contribution is 5.84. The lowest BCUT2D eigenvalue weighted by Gasteiger charge is -2.20. The number of nitrogens with zero attached hydrogens (tertiary/aromatic N) is 2. The Balaban J connectivity index is 1.58. The summed E-state index contributed by atoms with van der Waals surface area (Å²) < 4.78 is 0. The summed E-state index contributed by atoms with van der Waals surface area (Å²) in [6.45, 7) is 0.331. The van der Waals surface area contributed by atoms with Crippen LogP contribution in [0.3, 0.4) is 0 Å². The van der Waals surface area contributed by atoms with Gasteiger partial charge in [-0.05, 0) is 18.8 Å². The van der Waals surface area contributed by atoms with Crippen molar-refractivity contribution in [3.05, 3.63) is 11.9 Å². The molecule has 0 atom stereocenters. The first-order chi connectivity index (χ1) is 9.74. The Morgan fingerprint density at radius 1 is 1.20 bits per heavy atom. The van der Waals surface area contributed by atoms with Gasteiger partial charge < -0.3 is 10.6 Å². The van der Waals surface area contributed by atoms with Crippen LogP contribution in [-0.2, 0) is 16.1 Å². The summed E-state index contributed by atoms with van der Waals surface area (Å²) in [6, 6.07) is 0. The normalized spacial score (nSPS) is 15.8. The minimum atomic E-state index is -0.218. The molecule has 7 nitrogen and oxygen atoms in total. The maximum atomic E-state index is 11.7. The molecule has 110 valence electrons. The second-order valence-corrected chi connectivity index (χ2v) is 5.22. The van der Waals surface area contributed by atoms with Gasteiger partial charge in [0, 0.05) is 6.42 Å². The van der Waals surface area contributed by atoms with E-state index in [9.17, 15) is 9.59 Å². The number of carbonyl (C=O) groups is 2. The molecule has 1 aromatic heterocycles. The van der Waals surface area contributed by atoms with Crippen molar-refractivity contribution in [2.75, 3.05) is 6.54 Å². The number of amides is 2. The number of aromatic amines is 1. The minimum Gasteiger partial charge on any atom is -0.349 e. The standard InChI is InChI=1S/C13H21N5O2/c19-12(6-10-4-2-1-3-5-10)15-9-13(20)14-7-11-8-16-18-17-11/h8,10H,1-7,9H2,(H,14,20)(H,15,19)(H,16,17,18). The molecule has 7 heteroatoms. The van der Waals surface area contributed by atoms with Gasteiger partial charge >= 0.3 is 0 Å². The van der Waals surface area contributed by atoms with Crippen molar-refractivity contribution in [3.8, 4) is 0 Å². The summed E-state index contributed by atoms with van der Waals surface area (Å²) in [4.78, 5) is 23.3. The quantitative estimate of drug-likeness (QED) is 0.706. The third-order valence-electron chi connectivity index (χ3n) is 3.58. The van der Waals surface area contributed by atoms with Crippen LogP contribution in [-0.4, -0.2) is 33.8 Å². The predicted octanol–water partition coefficient (Wildman–Crippen LogP) is 0.507. The van der Waals surface area contributed by atoms with Crippen molar-refractivity contribution in [2.24, 2.45) is 5.92 Å². The van der Waals surface area contributed by atoms with E-state index in [0.717, 1.165) is 12.8 Å². The van der Waals surface area contributed by atoms with E-state index < -0.39 is 0 Å². The van der Waals surface area contributed by atoms with E-state index in [0.29, 0.717) is 24.6 Å². The maximum absolute atomic E-state index is 11.7. The van der Waals surface area contributed by atoms with Crippen molar-refractivity contribution >= 4 is 11.8 Å². The zero-order chi connectivity index (χ0) is 14.2. The van der Waals surface area contributed by atoms with Crippen molar-refractivity contribution in [2.45, 2.75) is 45.1 Å². The summed E-state index contributed by atoms with van der Waals surface area (Å²) in [5.41, 5.74) is 0.659. The van der Waals surface area contributed by atoms with Crippen LogP contribution in [0.15, 0.2) is 6.20 Å². The fourth-order valence-corrected chi connectivity index (χ4v) is 2.47. The fraction of sp³-hybridized carbons (Fsp3) is 0.692. The maximum Gasteiger partial charge on any atom is 0.239 e. The molecule has 0 radical (unpaired) electrons. The molecule has 2 amide bonds. The molecule has 1 aliphatic rings. The summed E-state index contributed by atoms with van der Waals surface area (Å²) in [7, 11) is 0. The number of hydrogen-bond donors (Lipinski definition) is 3. The third-order valence-corrected chi connectivity index (χ3v) is 3.58. The minimum absolute atomic E-state index is 0.0173. The number of aromatic nitrogens is 3. The van der Waals surface area contributed by atoms with Crippen LogP contribution < -0.4 is 10.6 Å². The van der Waals surface area contributed by atoms with E-state index in [1.807, 2.05) is 0 Å². The van der Waals surface area contributed by atoms with Gasteiger partial charge in [0.05, 0.1) is 19.3 Å². The van der Waals surface area contributed by atoms with Crippen LogP contribution in [0.5, 0.6) is 0 Å². The molecule has 0 unspecified atom stereocenters. The van der Waals surface area contributed by atoms with Crippen molar-refractivity contribution in [1.29, 1.82) is 0 Å². The lowest BCUT2D eigenvalue weighted by Crippen LogP contribution is -2.37. The molecule has 1 fully saturated rings. The van der Waals surface area contributed by atoms with Crippen LogP contribution >= 0.6 is 0 Å². The Hall–Kier alpha value is -1.92. The Morgan fingerprint density at radius 2 is 2.00 bits per heavy atom. The highest BCUT2D eigenvalue weighted by Crippen LogP contribution is 2.25. The van der Waals surface area contributed by atoms with Crippen molar-refractivity contribution < 1.29 is 9.59 Å². The Morgan fingerprint density at radius 3 is 2.70 bits per heavy atom. The van der Waals surface area contributed by atoms with Crippen LogP contribution in [0.25, 0.3) is 0 Å². The lowest BCUT2D eigenvalue weighted by molar-refractivity contribution is -0.126. The molecule has 0 spiro atoms. The average Bonchev–Trinajstić information content (AvgIpc) is 2.97. The van der Waals surface area contributed by atoms with E-state index >= 15 is 0 Å². The first-order valence-electron chi connectivity index (χ1n) is 7.12. The molecular weight excluding hydrogens is 258 g/mol. The summed E-state index contributed by atoms with van der Waals surface area (Å²) in [5, 5.41) is 15.3. The Labute approximate surface area is 117 Å². The van der Waals surface area contributed by atoms with Gasteiger partial charge in [0.25, 0.3) is 0 Å². The van der Waals surface area contributed by atoms with E-state index in [-0.39, 0.29) is 18.4 Å². The third kappa shape index (κ3) is 4.99. The first kappa shape index (κ1) is 14.5. The van der Waals surface area contributed by atoms with E-state index in [1.54, 1.807) is 6.20 Å². The van der Waals surface area contributed by atoms with E-state index in [2.05, 4.69) is 26.0 Å². The zero-order valence-electron chi connectivity index (χ0n) is 11.5. The predicted molar refractivity (Wildman–Crippen MR) is 72.4 cm³/mol. The number of hydrogen-bond acceptors (Lipinski definition) is 4. The van der Waals surface area contributed by atoms with Crippen LogP contribution in [0, 0.1) is 5.92 Å². The monoisotopic (exact) mass is 279 g/mol. The summed E-state index contributed by atoms with van der Waals surface area (Å²) in [5.74, 6) is 0.237. The van der Waals surface area contributed by atoms with E-state index in [1.165, 1.54) is 19.3 Å². The average molecular weight is 279 g/mol. The smallest absolute Gasteiger partial charge is 0.239 e. The molecule has 2 rings (SSSR count). The van der Waals surface area contributed by atoms with Crippen LogP contribution in [0.4, 0.5) is 0 Å². The Kier molecular flexibility index (Phi) is 5.52. The van der Waals surface area contributed by atoms with Gasteiger partial charge in [0.15, 0.2) is 0 Å². The fourth-order valence-electron chi connectivity index (χ4n) is 2.47. The summed E-state index contributed by atoms with van der Waals surface area (Å²) >= 11 is 0. The molecular formula is C13H21N5O2. The number of H-pyrrole nitrogens is 1. The molecule has 3 N–H and O–H groups in total. The summed E-state index contributed by atoms with van der Waals surface area (Å²) in [6.07, 6.45) is 8.06. The molecule has 0 aliphatic heterocycles. The highest BCUT2D eigenvalue weighted by Gasteiger charge is 2.17. The van der Waals surface area contributed by atoms with Crippen LogP contribution in [0.1, 0.15) is 44.2 Å². The second-order valence-electron chi connectivity index (χ2n) is 5.22.